The van der Waals surface area contributed by atoms with Gasteiger partial charge in [0, 0.05) is 6.08 Å². The van der Waals surface area contributed by atoms with Crippen LogP contribution in [0.1, 0.15) is 49.4 Å². The predicted octanol–water partition coefficient (Wildman–Crippen LogP) is 5.30. The zero-order valence-electron chi connectivity index (χ0n) is 12.6. The second-order valence-corrected chi connectivity index (χ2v) is 5.06. The van der Waals surface area contributed by atoms with Gasteiger partial charge in [0.2, 0.25) is 0 Å². The van der Waals surface area contributed by atoms with Gasteiger partial charge in [0.25, 0.3) is 0 Å². The van der Waals surface area contributed by atoms with Gasteiger partial charge in [0.15, 0.2) is 0 Å². The van der Waals surface area contributed by atoms with E-state index in [1.54, 1.807) is 30.3 Å². The van der Waals surface area contributed by atoms with E-state index in [2.05, 4.69) is 6.92 Å². The molecule has 0 aliphatic rings. The fraction of sp³-hybridized carbons (Fsp3) is 0.471. The summed E-state index contributed by atoms with van der Waals surface area (Å²) in [6.07, 6.45) is -0.117. The number of halogens is 3. The van der Waals surface area contributed by atoms with Gasteiger partial charge in [-0.25, -0.2) is 4.79 Å². The molecule has 0 spiro atoms. The summed E-state index contributed by atoms with van der Waals surface area (Å²) in [6.45, 7) is 2.05. The lowest BCUT2D eigenvalue weighted by Crippen LogP contribution is -2.17. The molecule has 1 rings (SSSR count). The number of unbranched alkanes of at least 4 members (excludes halogenated alkanes) is 3. The number of ether oxygens (including phenoxy) is 1. The van der Waals surface area contributed by atoms with Crippen molar-refractivity contribution in [3.05, 3.63) is 48.0 Å². The zero-order chi connectivity index (χ0) is 16.4. The average molecular weight is 314 g/mol. The number of benzene rings is 1. The maximum absolute atomic E-state index is 12.3. The smallest absolute Gasteiger partial charge is 0.409 e. The topological polar surface area (TPSA) is 26.3 Å². The molecule has 0 aliphatic carbocycles. The molecule has 5 heteroatoms. The SMILES string of the molecule is CCCCCC[C@@H](/C=C/C(F)(F)F)OC(=O)c1ccccc1. The van der Waals surface area contributed by atoms with Crippen molar-refractivity contribution >= 4 is 5.97 Å². The van der Waals surface area contributed by atoms with Gasteiger partial charge in [0.05, 0.1) is 5.56 Å². The van der Waals surface area contributed by atoms with Gasteiger partial charge in [-0.2, -0.15) is 13.2 Å². The molecule has 0 aliphatic heterocycles. The van der Waals surface area contributed by atoms with Crippen LogP contribution in [0.3, 0.4) is 0 Å². The van der Waals surface area contributed by atoms with Crippen molar-refractivity contribution in [1.29, 1.82) is 0 Å². The van der Waals surface area contributed by atoms with Crippen molar-refractivity contribution in [1.82, 2.24) is 0 Å². The molecular formula is C17H21F3O2. The fourth-order valence-electron chi connectivity index (χ4n) is 1.96. The lowest BCUT2D eigenvalue weighted by Gasteiger charge is -2.15. The standard InChI is InChI=1S/C17H21F3O2/c1-2-3-4-8-11-15(12-13-17(18,19)20)22-16(21)14-9-6-5-7-10-14/h5-7,9-10,12-13,15H,2-4,8,11H2,1H3/b13-12+/t15-/m0/s1. The Morgan fingerprint density at radius 2 is 1.86 bits per heavy atom. The molecule has 1 atom stereocenters. The molecule has 22 heavy (non-hydrogen) atoms. The Hall–Kier alpha value is -1.78. The molecule has 0 aromatic heterocycles. The van der Waals surface area contributed by atoms with Crippen molar-refractivity contribution < 1.29 is 22.7 Å². The molecule has 0 radical (unpaired) electrons. The van der Waals surface area contributed by atoms with E-state index >= 15 is 0 Å². The highest BCUT2D eigenvalue weighted by molar-refractivity contribution is 5.89. The van der Waals surface area contributed by atoms with Crippen molar-refractivity contribution in [3.8, 4) is 0 Å². The van der Waals surface area contributed by atoms with Gasteiger partial charge in [-0.15, -0.1) is 0 Å². The largest absolute Gasteiger partial charge is 0.455 e. The van der Waals surface area contributed by atoms with E-state index in [0.29, 0.717) is 12.0 Å². The normalized spacial score (nSPS) is 13.3. The van der Waals surface area contributed by atoms with Gasteiger partial charge in [-0.05, 0) is 31.1 Å². The Kier molecular flexibility index (Phi) is 7.71. The molecule has 0 saturated heterocycles. The number of hydrogen-bond donors (Lipinski definition) is 0. The number of esters is 1. The molecular weight excluding hydrogens is 293 g/mol. The highest BCUT2D eigenvalue weighted by atomic mass is 19.4. The Morgan fingerprint density at radius 3 is 2.45 bits per heavy atom. The first-order chi connectivity index (χ1) is 10.4. The van der Waals surface area contributed by atoms with Gasteiger partial charge in [-0.3, -0.25) is 0 Å². The van der Waals surface area contributed by atoms with Crippen LogP contribution < -0.4 is 0 Å². The minimum absolute atomic E-state index is 0.135. The Morgan fingerprint density at radius 1 is 1.18 bits per heavy atom. The van der Waals surface area contributed by atoms with Crippen LogP contribution in [0.5, 0.6) is 0 Å². The maximum atomic E-state index is 12.3. The molecule has 1 aromatic rings. The third-order valence-electron chi connectivity index (χ3n) is 3.11. The van der Waals surface area contributed by atoms with Crippen molar-refractivity contribution in [2.45, 2.75) is 51.3 Å². The maximum Gasteiger partial charge on any atom is 0.409 e. The molecule has 122 valence electrons. The second kappa shape index (κ2) is 9.28. The summed E-state index contributed by atoms with van der Waals surface area (Å²) in [5.41, 5.74) is 0.335. The van der Waals surface area contributed by atoms with Gasteiger partial charge in [0.1, 0.15) is 6.10 Å². The number of alkyl halides is 3. The van der Waals surface area contributed by atoms with Crippen LogP contribution in [-0.2, 0) is 4.74 Å². The van der Waals surface area contributed by atoms with Crippen LogP contribution in [0.2, 0.25) is 0 Å². The van der Waals surface area contributed by atoms with Crippen LogP contribution in [0.25, 0.3) is 0 Å². The molecule has 2 nitrogen and oxygen atoms in total. The number of hydrogen-bond acceptors (Lipinski definition) is 2. The minimum atomic E-state index is -4.40. The molecule has 0 saturated carbocycles. The van der Waals surface area contributed by atoms with Gasteiger partial charge >= 0.3 is 12.1 Å². The monoisotopic (exact) mass is 314 g/mol. The third-order valence-corrected chi connectivity index (χ3v) is 3.11. The Labute approximate surface area is 129 Å². The summed E-state index contributed by atoms with van der Waals surface area (Å²) in [6, 6.07) is 8.26. The van der Waals surface area contributed by atoms with Crippen LogP contribution in [0.4, 0.5) is 13.2 Å². The summed E-state index contributed by atoms with van der Waals surface area (Å²) in [7, 11) is 0. The summed E-state index contributed by atoms with van der Waals surface area (Å²) in [5.74, 6) is -0.604. The van der Waals surface area contributed by atoms with Crippen LogP contribution in [0, 0.1) is 0 Å². The van der Waals surface area contributed by atoms with Crippen molar-refractivity contribution in [2.75, 3.05) is 0 Å². The Balaban J connectivity index is 2.64. The van der Waals surface area contributed by atoms with Crippen molar-refractivity contribution in [2.24, 2.45) is 0 Å². The minimum Gasteiger partial charge on any atom is -0.455 e. The third kappa shape index (κ3) is 7.86. The van der Waals surface area contributed by atoms with E-state index in [-0.39, 0.29) is 6.08 Å². The molecule has 0 amide bonds. The number of carbonyl (C=O) groups is 1. The Bertz CT molecular complexity index is 467. The van der Waals surface area contributed by atoms with Gasteiger partial charge < -0.3 is 4.74 Å². The van der Waals surface area contributed by atoms with E-state index in [9.17, 15) is 18.0 Å². The molecule has 0 N–H and O–H groups in total. The molecule has 0 fully saturated rings. The van der Waals surface area contributed by atoms with E-state index in [1.807, 2.05) is 0 Å². The lowest BCUT2D eigenvalue weighted by atomic mass is 10.1. The fourth-order valence-corrected chi connectivity index (χ4v) is 1.96. The number of allylic oxidation sites excluding steroid dienone is 1. The summed E-state index contributed by atoms with van der Waals surface area (Å²) in [5, 5.41) is 0. The van der Waals surface area contributed by atoms with Gasteiger partial charge in [-0.1, -0.05) is 44.4 Å². The first-order valence-corrected chi connectivity index (χ1v) is 7.44. The van der Waals surface area contributed by atoms with E-state index < -0.39 is 18.2 Å². The van der Waals surface area contributed by atoms with Crippen molar-refractivity contribution in [3.63, 3.8) is 0 Å². The molecule has 0 unspecified atom stereocenters. The molecule has 0 heterocycles. The quantitative estimate of drug-likeness (QED) is 0.370. The second-order valence-electron chi connectivity index (χ2n) is 5.06. The average Bonchev–Trinajstić information content (AvgIpc) is 2.48. The van der Waals surface area contributed by atoms with Crippen LogP contribution in [0.15, 0.2) is 42.5 Å². The molecule has 0 bridgehead atoms. The summed E-state index contributed by atoms with van der Waals surface area (Å²) in [4.78, 5) is 11.9. The number of rotatable bonds is 8. The summed E-state index contributed by atoms with van der Waals surface area (Å²) < 4.78 is 42.1. The lowest BCUT2D eigenvalue weighted by molar-refractivity contribution is -0.0807. The highest BCUT2D eigenvalue weighted by Crippen LogP contribution is 2.19. The van der Waals surface area contributed by atoms with Crippen LogP contribution in [-0.4, -0.2) is 18.2 Å². The summed E-state index contributed by atoms with van der Waals surface area (Å²) >= 11 is 0. The molecule has 1 aromatic carbocycles. The zero-order valence-corrected chi connectivity index (χ0v) is 12.6. The predicted molar refractivity (Wildman–Crippen MR) is 79.6 cm³/mol. The van der Waals surface area contributed by atoms with E-state index in [1.165, 1.54) is 0 Å². The highest BCUT2D eigenvalue weighted by Gasteiger charge is 2.23. The van der Waals surface area contributed by atoms with E-state index in [0.717, 1.165) is 31.8 Å². The number of carbonyl (C=O) groups excluding carboxylic acids is 1. The van der Waals surface area contributed by atoms with Crippen LogP contribution >= 0.6 is 0 Å². The first-order valence-electron chi connectivity index (χ1n) is 7.44. The first kappa shape index (κ1) is 18.3. The van der Waals surface area contributed by atoms with E-state index in [4.69, 9.17) is 4.74 Å².